The van der Waals surface area contributed by atoms with Gasteiger partial charge in [0, 0.05) is 53.5 Å². The molecule has 1 aromatic rings. The van der Waals surface area contributed by atoms with Crippen molar-refractivity contribution < 1.29 is 28.8 Å². The standard InChI is InChI=1S/C25H28N6O6/c1-26-8-9-31-17-7-6-14(11-16-19(32)27(2)23(36)28(3)20(16)33)10-15(17)12-25(18(31)13-26)21(34)29(4)24(37)30(5)22(25)35/h6-7,10-11,18H,8-9,12-13H2,1-5H3/t18-/m0/s1. The van der Waals surface area contributed by atoms with E-state index in [2.05, 4.69) is 9.80 Å². The molecule has 1 atom stereocenters. The molecular weight excluding hydrogens is 480 g/mol. The van der Waals surface area contributed by atoms with E-state index >= 15 is 0 Å². The number of barbiturate groups is 2. The van der Waals surface area contributed by atoms with E-state index in [1.54, 1.807) is 12.1 Å². The first kappa shape index (κ1) is 24.6. The van der Waals surface area contributed by atoms with Gasteiger partial charge in [-0.05, 0) is 42.8 Å². The van der Waals surface area contributed by atoms with Crippen LogP contribution >= 0.6 is 0 Å². The first-order valence-corrected chi connectivity index (χ1v) is 11.9. The summed E-state index contributed by atoms with van der Waals surface area (Å²) in [4.78, 5) is 85.3. The lowest BCUT2D eigenvalue weighted by Gasteiger charge is -2.55. The summed E-state index contributed by atoms with van der Waals surface area (Å²) in [6.07, 6.45) is 1.48. The number of fused-ring (bicyclic) bond motifs is 4. The number of benzene rings is 1. The van der Waals surface area contributed by atoms with Crippen molar-refractivity contribution in [1.29, 1.82) is 0 Å². The Kier molecular flexibility index (Phi) is 5.48. The summed E-state index contributed by atoms with van der Waals surface area (Å²) < 4.78 is 0. The Balaban J connectivity index is 1.63. The Morgan fingerprint density at radius 3 is 1.95 bits per heavy atom. The van der Waals surface area contributed by atoms with Crippen LogP contribution in [0, 0.1) is 5.41 Å². The van der Waals surface area contributed by atoms with Gasteiger partial charge in [-0.15, -0.1) is 0 Å². The molecule has 0 saturated carbocycles. The summed E-state index contributed by atoms with van der Waals surface area (Å²) in [6, 6.07) is 3.53. The quantitative estimate of drug-likeness (QED) is 0.291. The molecule has 4 aliphatic rings. The maximum Gasteiger partial charge on any atom is 0.333 e. The zero-order valence-electron chi connectivity index (χ0n) is 21.3. The summed E-state index contributed by atoms with van der Waals surface area (Å²) in [5.41, 5.74) is 0.403. The van der Waals surface area contributed by atoms with E-state index in [1.165, 1.54) is 34.3 Å². The SMILES string of the molecule is CN1CCN2c3ccc(C=C4C(=O)N(C)C(=O)N(C)C4=O)cc3CC3(C(=O)N(C)C(=O)N(C)C3=O)[C@@H]2C1. The van der Waals surface area contributed by atoms with Crippen LogP contribution in [0.25, 0.3) is 6.08 Å². The number of amides is 8. The number of hydrogen-bond donors (Lipinski definition) is 0. The first-order chi connectivity index (χ1) is 17.4. The van der Waals surface area contributed by atoms with Crippen LogP contribution in [0.1, 0.15) is 11.1 Å². The first-order valence-electron chi connectivity index (χ1n) is 11.9. The molecule has 12 heteroatoms. The molecule has 1 aromatic carbocycles. The molecule has 0 unspecified atom stereocenters. The molecule has 12 nitrogen and oxygen atoms in total. The maximum atomic E-state index is 13.7. The molecule has 0 aromatic heterocycles. The molecule has 8 amide bonds. The molecule has 0 N–H and O–H groups in total. The van der Waals surface area contributed by atoms with Crippen LogP contribution in [-0.4, -0.2) is 121 Å². The number of anilines is 1. The second-order valence-electron chi connectivity index (χ2n) is 10.1. The van der Waals surface area contributed by atoms with Gasteiger partial charge < -0.3 is 9.80 Å². The van der Waals surface area contributed by atoms with Crippen LogP contribution in [0.4, 0.5) is 15.3 Å². The molecule has 3 fully saturated rings. The minimum Gasteiger partial charge on any atom is -0.364 e. The van der Waals surface area contributed by atoms with E-state index in [0.29, 0.717) is 24.2 Å². The van der Waals surface area contributed by atoms with E-state index in [9.17, 15) is 28.8 Å². The van der Waals surface area contributed by atoms with Crippen molar-refractivity contribution in [2.45, 2.75) is 12.5 Å². The van der Waals surface area contributed by atoms with Crippen LogP contribution in [0.2, 0.25) is 0 Å². The Bertz CT molecular complexity index is 1270. The number of piperazine rings is 1. The lowest BCUT2D eigenvalue weighted by atomic mass is 9.67. The van der Waals surface area contributed by atoms with Crippen molar-refractivity contribution in [1.82, 2.24) is 24.5 Å². The molecule has 0 bridgehead atoms. The van der Waals surface area contributed by atoms with Crippen molar-refractivity contribution in [2.75, 3.05) is 59.8 Å². The van der Waals surface area contributed by atoms with Gasteiger partial charge in [-0.3, -0.25) is 38.8 Å². The molecule has 0 aliphatic carbocycles. The summed E-state index contributed by atoms with van der Waals surface area (Å²) in [5, 5.41) is 0. The lowest BCUT2D eigenvalue weighted by molar-refractivity contribution is -0.160. The summed E-state index contributed by atoms with van der Waals surface area (Å²) >= 11 is 0. The van der Waals surface area contributed by atoms with Gasteiger partial charge in [0.2, 0.25) is 11.8 Å². The zero-order chi connectivity index (χ0) is 27.0. The molecule has 4 aliphatic heterocycles. The lowest BCUT2D eigenvalue weighted by Crippen LogP contribution is -2.74. The van der Waals surface area contributed by atoms with Crippen LogP contribution < -0.4 is 4.90 Å². The van der Waals surface area contributed by atoms with Gasteiger partial charge in [0.05, 0.1) is 6.04 Å². The van der Waals surface area contributed by atoms with Crippen LogP contribution in [0.3, 0.4) is 0 Å². The van der Waals surface area contributed by atoms with Crippen molar-refractivity contribution in [3.63, 3.8) is 0 Å². The monoisotopic (exact) mass is 508 g/mol. The molecule has 1 spiro atoms. The van der Waals surface area contributed by atoms with Crippen molar-refractivity contribution in [3.05, 3.63) is 34.9 Å². The van der Waals surface area contributed by atoms with E-state index < -0.39 is 47.1 Å². The van der Waals surface area contributed by atoms with Gasteiger partial charge in [0.25, 0.3) is 11.8 Å². The minimum atomic E-state index is -1.51. The topological polar surface area (TPSA) is 122 Å². The van der Waals surface area contributed by atoms with Crippen LogP contribution in [0.5, 0.6) is 0 Å². The second-order valence-corrected chi connectivity index (χ2v) is 10.1. The van der Waals surface area contributed by atoms with Crippen LogP contribution in [0.15, 0.2) is 23.8 Å². The molecule has 194 valence electrons. The molecule has 4 heterocycles. The zero-order valence-corrected chi connectivity index (χ0v) is 21.3. The average Bonchev–Trinajstić information content (AvgIpc) is 2.89. The summed E-state index contributed by atoms with van der Waals surface area (Å²) in [5.74, 6) is -2.50. The largest absolute Gasteiger partial charge is 0.364 e. The Morgan fingerprint density at radius 1 is 0.784 bits per heavy atom. The van der Waals surface area contributed by atoms with Crippen molar-refractivity contribution >= 4 is 47.5 Å². The number of imide groups is 4. The van der Waals surface area contributed by atoms with Gasteiger partial charge >= 0.3 is 12.1 Å². The molecule has 3 saturated heterocycles. The fourth-order valence-electron chi connectivity index (χ4n) is 5.83. The number of urea groups is 2. The Labute approximate surface area is 213 Å². The van der Waals surface area contributed by atoms with Crippen molar-refractivity contribution in [3.8, 4) is 0 Å². The number of nitrogens with zero attached hydrogens (tertiary/aromatic N) is 6. The molecule has 37 heavy (non-hydrogen) atoms. The van der Waals surface area contributed by atoms with E-state index in [4.69, 9.17) is 0 Å². The highest BCUT2D eigenvalue weighted by Gasteiger charge is 2.63. The predicted molar refractivity (Wildman–Crippen MR) is 131 cm³/mol. The number of likely N-dealkylation sites (N-methyl/N-ethyl adjacent to an activating group) is 3. The third-order valence-electron chi connectivity index (χ3n) is 7.94. The van der Waals surface area contributed by atoms with Gasteiger partial charge in [0.15, 0.2) is 5.41 Å². The third-order valence-corrected chi connectivity index (χ3v) is 7.94. The van der Waals surface area contributed by atoms with Gasteiger partial charge in [-0.25, -0.2) is 9.59 Å². The smallest absolute Gasteiger partial charge is 0.333 e. The minimum absolute atomic E-state index is 0.0637. The fourth-order valence-corrected chi connectivity index (χ4v) is 5.83. The molecular formula is C25H28N6O6. The number of hydrogen-bond acceptors (Lipinski definition) is 8. The molecule has 5 rings (SSSR count). The predicted octanol–water partition coefficient (Wildman–Crippen LogP) is -0.166. The highest BCUT2D eigenvalue weighted by atomic mass is 16.2. The average molecular weight is 509 g/mol. The summed E-state index contributed by atoms with van der Waals surface area (Å²) in [7, 11) is 7.32. The Hall–Kier alpha value is -4.06. The summed E-state index contributed by atoms with van der Waals surface area (Å²) in [6.45, 7) is 1.77. The maximum absolute atomic E-state index is 13.7. The van der Waals surface area contributed by atoms with E-state index in [1.807, 2.05) is 13.1 Å². The van der Waals surface area contributed by atoms with E-state index in [0.717, 1.165) is 31.8 Å². The number of rotatable bonds is 1. The molecule has 0 radical (unpaired) electrons. The Morgan fingerprint density at radius 2 is 1.35 bits per heavy atom. The van der Waals surface area contributed by atoms with Gasteiger partial charge in [-0.2, -0.15) is 0 Å². The second kappa shape index (κ2) is 8.23. The van der Waals surface area contributed by atoms with Gasteiger partial charge in [0.1, 0.15) is 5.57 Å². The van der Waals surface area contributed by atoms with Crippen molar-refractivity contribution in [2.24, 2.45) is 5.41 Å². The third kappa shape index (κ3) is 3.31. The fraction of sp³-hybridized carbons (Fsp3) is 0.440. The number of carbonyl (C=O) groups is 6. The highest BCUT2D eigenvalue weighted by Crippen LogP contribution is 2.47. The van der Waals surface area contributed by atoms with E-state index in [-0.39, 0.29) is 12.0 Å². The highest BCUT2D eigenvalue weighted by molar-refractivity contribution is 6.30. The number of carbonyl (C=O) groups excluding carboxylic acids is 6. The van der Waals surface area contributed by atoms with Gasteiger partial charge in [-0.1, -0.05) is 6.07 Å². The normalized spacial score (nSPS) is 24.3. The van der Waals surface area contributed by atoms with Crippen LogP contribution in [-0.2, 0) is 25.6 Å².